The Balaban J connectivity index is 2.18. The van der Waals surface area contributed by atoms with Gasteiger partial charge in [-0.1, -0.05) is 19.3 Å². The zero-order valence-electron chi connectivity index (χ0n) is 8.09. The van der Waals surface area contributed by atoms with Gasteiger partial charge in [0.25, 0.3) is 0 Å². The van der Waals surface area contributed by atoms with Crippen LogP contribution in [0.3, 0.4) is 0 Å². The van der Waals surface area contributed by atoms with Crippen molar-refractivity contribution in [2.75, 3.05) is 0 Å². The first-order chi connectivity index (χ1) is 6.26. The molecule has 13 heavy (non-hydrogen) atoms. The van der Waals surface area contributed by atoms with Crippen molar-refractivity contribution in [3.8, 4) is 0 Å². The molecule has 2 nitrogen and oxygen atoms in total. The molecular formula is C11H18O2. The zero-order valence-corrected chi connectivity index (χ0v) is 8.09. The molecule has 2 aliphatic rings. The van der Waals surface area contributed by atoms with E-state index in [1.165, 1.54) is 0 Å². The second-order valence-corrected chi connectivity index (χ2v) is 4.55. The number of hydrogen-bond acceptors (Lipinski definition) is 2. The van der Waals surface area contributed by atoms with Crippen LogP contribution >= 0.6 is 0 Å². The SMILES string of the molecule is O=C1CCCC[C@]12CCCC[C@H]2O. The Morgan fingerprint density at radius 2 is 1.85 bits per heavy atom. The van der Waals surface area contributed by atoms with E-state index >= 15 is 0 Å². The van der Waals surface area contributed by atoms with Crippen molar-refractivity contribution < 1.29 is 9.90 Å². The van der Waals surface area contributed by atoms with E-state index < -0.39 is 0 Å². The molecule has 2 heteroatoms. The van der Waals surface area contributed by atoms with E-state index in [2.05, 4.69) is 0 Å². The third-order valence-electron chi connectivity index (χ3n) is 3.82. The molecule has 74 valence electrons. The molecule has 2 atom stereocenters. The maximum absolute atomic E-state index is 11.8. The number of aliphatic hydroxyl groups excluding tert-OH is 1. The van der Waals surface area contributed by atoms with E-state index in [-0.39, 0.29) is 11.5 Å². The van der Waals surface area contributed by atoms with Gasteiger partial charge in [0.2, 0.25) is 0 Å². The average Bonchev–Trinajstić information content (AvgIpc) is 2.15. The minimum absolute atomic E-state index is 0.309. The monoisotopic (exact) mass is 182 g/mol. The number of hydrogen-bond donors (Lipinski definition) is 1. The predicted molar refractivity (Wildman–Crippen MR) is 50.4 cm³/mol. The Bertz CT molecular complexity index is 206. The van der Waals surface area contributed by atoms with E-state index in [1.54, 1.807) is 0 Å². The van der Waals surface area contributed by atoms with E-state index in [0.29, 0.717) is 12.2 Å². The van der Waals surface area contributed by atoms with Gasteiger partial charge in [-0.2, -0.15) is 0 Å². The molecule has 0 aromatic rings. The van der Waals surface area contributed by atoms with Gasteiger partial charge in [-0.15, -0.1) is 0 Å². The van der Waals surface area contributed by atoms with Gasteiger partial charge in [-0.25, -0.2) is 0 Å². The fourth-order valence-electron chi connectivity index (χ4n) is 2.95. The summed E-state index contributed by atoms with van der Waals surface area (Å²) in [4.78, 5) is 11.8. The Labute approximate surface area is 79.3 Å². The molecule has 0 unspecified atom stereocenters. The van der Waals surface area contributed by atoms with Crippen LogP contribution in [0.4, 0.5) is 0 Å². The molecule has 0 aromatic carbocycles. The van der Waals surface area contributed by atoms with Crippen molar-refractivity contribution in [3.63, 3.8) is 0 Å². The topological polar surface area (TPSA) is 37.3 Å². The Kier molecular flexibility index (Phi) is 2.41. The van der Waals surface area contributed by atoms with Crippen LogP contribution in [0.5, 0.6) is 0 Å². The first-order valence-electron chi connectivity index (χ1n) is 5.47. The summed E-state index contributed by atoms with van der Waals surface area (Å²) >= 11 is 0. The maximum Gasteiger partial charge on any atom is 0.141 e. The van der Waals surface area contributed by atoms with Gasteiger partial charge in [-0.05, 0) is 25.7 Å². The molecule has 2 fully saturated rings. The molecule has 2 saturated carbocycles. The number of carbonyl (C=O) groups is 1. The third kappa shape index (κ3) is 1.41. The first kappa shape index (κ1) is 9.20. The van der Waals surface area contributed by atoms with Gasteiger partial charge in [0.05, 0.1) is 11.5 Å². The van der Waals surface area contributed by atoms with Crippen molar-refractivity contribution in [1.82, 2.24) is 0 Å². The van der Waals surface area contributed by atoms with Crippen LogP contribution < -0.4 is 0 Å². The van der Waals surface area contributed by atoms with Crippen molar-refractivity contribution >= 4 is 5.78 Å². The molecule has 0 bridgehead atoms. The molecule has 0 aromatic heterocycles. The summed E-state index contributed by atoms with van der Waals surface area (Å²) in [6.45, 7) is 0. The molecule has 2 rings (SSSR count). The van der Waals surface area contributed by atoms with Crippen LogP contribution in [0.15, 0.2) is 0 Å². The number of rotatable bonds is 0. The Morgan fingerprint density at radius 1 is 1.15 bits per heavy atom. The van der Waals surface area contributed by atoms with E-state index in [9.17, 15) is 9.90 Å². The van der Waals surface area contributed by atoms with Gasteiger partial charge in [0.1, 0.15) is 5.78 Å². The smallest absolute Gasteiger partial charge is 0.141 e. The van der Waals surface area contributed by atoms with Crippen molar-refractivity contribution in [1.29, 1.82) is 0 Å². The molecule has 0 aliphatic heterocycles. The molecule has 0 radical (unpaired) electrons. The normalized spacial score (nSPS) is 41.0. The molecule has 0 amide bonds. The van der Waals surface area contributed by atoms with Crippen LogP contribution in [0, 0.1) is 5.41 Å². The van der Waals surface area contributed by atoms with Crippen LogP contribution in [-0.2, 0) is 4.79 Å². The highest BCUT2D eigenvalue weighted by Crippen LogP contribution is 2.45. The van der Waals surface area contributed by atoms with E-state index in [0.717, 1.165) is 44.9 Å². The largest absolute Gasteiger partial charge is 0.392 e. The Hall–Kier alpha value is -0.370. The second-order valence-electron chi connectivity index (χ2n) is 4.55. The highest BCUT2D eigenvalue weighted by Gasteiger charge is 2.46. The van der Waals surface area contributed by atoms with Crippen LogP contribution in [0.25, 0.3) is 0 Å². The lowest BCUT2D eigenvalue weighted by Gasteiger charge is -2.42. The minimum atomic E-state index is -0.339. The van der Waals surface area contributed by atoms with Gasteiger partial charge in [0.15, 0.2) is 0 Å². The van der Waals surface area contributed by atoms with Crippen molar-refractivity contribution in [2.45, 2.75) is 57.5 Å². The molecule has 1 spiro atoms. The van der Waals surface area contributed by atoms with Gasteiger partial charge in [0, 0.05) is 6.42 Å². The lowest BCUT2D eigenvalue weighted by atomic mass is 9.63. The van der Waals surface area contributed by atoms with Crippen LogP contribution in [0.1, 0.15) is 51.4 Å². The quantitative estimate of drug-likeness (QED) is 0.622. The second kappa shape index (κ2) is 3.41. The summed E-state index contributed by atoms with van der Waals surface area (Å²) < 4.78 is 0. The molecular weight excluding hydrogens is 164 g/mol. The van der Waals surface area contributed by atoms with Crippen LogP contribution in [0.2, 0.25) is 0 Å². The highest BCUT2D eigenvalue weighted by molar-refractivity contribution is 5.86. The lowest BCUT2D eigenvalue weighted by Crippen LogP contribution is -2.46. The summed E-state index contributed by atoms with van der Waals surface area (Å²) in [5.74, 6) is 0.339. The minimum Gasteiger partial charge on any atom is -0.392 e. The summed E-state index contributed by atoms with van der Waals surface area (Å²) in [5.41, 5.74) is -0.309. The number of aliphatic hydroxyl groups is 1. The molecule has 1 N–H and O–H groups in total. The molecule has 2 aliphatic carbocycles. The summed E-state index contributed by atoms with van der Waals surface area (Å²) in [6, 6.07) is 0. The summed E-state index contributed by atoms with van der Waals surface area (Å²) in [7, 11) is 0. The lowest BCUT2D eigenvalue weighted by molar-refractivity contribution is -0.143. The fourth-order valence-corrected chi connectivity index (χ4v) is 2.95. The maximum atomic E-state index is 11.8. The van der Waals surface area contributed by atoms with E-state index in [1.807, 2.05) is 0 Å². The molecule has 0 saturated heterocycles. The number of carbonyl (C=O) groups excluding carboxylic acids is 1. The Morgan fingerprint density at radius 3 is 2.54 bits per heavy atom. The zero-order chi connectivity index (χ0) is 9.31. The van der Waals surface area contributed by atoms with Gasteiger partial charge < -0.3 is 5.11 Å². The third-order valence-corrected chi connectivity index (χ3v) is 3.82. The van der Waals surface area contributed by atoms with Crippen molar-refractivity contribution in [2.24, 2.45) is 5.41 Å². The molecule has 0 heterocycles. The van der Waals surface area contributed by atoms with Gasteiger partial charge >= 0.3 is 0 Å². The fraction of sp³-hybridized carbons (Fsp3) is 0.909. The summed E-state index contributed by atoms with van der Waals surface area (Å²) in [6.07, 6.45) is 7.46. The van der Waals surface area contributed by atoms with Crippen LogP contribution in [-0.4, -0.2) is 17.0 Å². The predicted octanol–water partition coefficient (Wildman–Crippen LogP) is 2.05. The highest BCUT2D eigenvalue weighted by atomic mass is 16.3. The van der Waals surface area contributed by atoms with E-state index in [4.69, 9.17) is 0 Å². The average molecular weight is 182 g/mol. The van der Waals surface area contributed by atoms with Gasteiger partial charge in [-0.3, -0.25) is 4.79 Å². The summed E-state index contributed by atoms with van der Waals surface area (Å²) in [5, 5.41) is 9.93. The first-order valence-corrected chi connectivity index (χ1v) is 5.47. The van der Waals surface area contributed by atoms with Crippen molar-refractivity contribution in [3.05, 3.63) is 0 Å². The number of Topliss-reactive ketones (excluding diaryl/α,β-unsaturated/α-hetero) is 1. The number of ketones is 1. The standard InChI is InChI=1S/C11H18O2/c12-9-5-1-3-7-11(9)8-4-2-6-10(11)13/h9,12H,1-8H2/t9-,11+/m1/s1.